The van der Waals surface area contributed by atoms with Gasteiger partial charge in [0.05, 0.1) is 6.54 Å². The van der Waals surface area contributed by atoms with Gasteiger partial charge in [0.25, 0.3) is 0 Å². The Kier molecular flexibility index (Phi) is 7.04. The van der Waals surface area contributed by atoms with Crippen LogP contribution in [0.4, 0.5) is 4.39 Å². The number of furan rings is 1. The second-order valence-electron chi connectivity index (χ2n) is 7.38. The molecule has 1 saturated heterocycles. The molecule has 0 unspecified atom stereocenters. The van der Waals surface area contributed by atoms with E-state index in [1.54, 1.807) is 12.1 Å². The first kappa shape index (κ1) is 19.6. The molecule has 2 heterocycles. The Hall–Kier alpha value is -2.14. The van der Waals surface area contributed by atoms with Crippen LogP contribution < -0.4 is 5.32 Å². The lowest BCUT2D eigenvalue weighted by Gasteiger charge is -2.31. The lowest BCUT2D eigenvalue weighted by Crippen LogP contribution is -2.33. The minimum atomic E-state index is -0.255. The van der Waals surface area contributed by atoms with Gasteiger partial charge in [-0.3, -0.25) is 9.69 Å². The third-order valence-corrected chi connectivity index (χ3v) is 5.33. The quantitative estimate of drug-likeness (QED) is 0.752. The number of piperidine rings is 1. The van der Waals surface area contributed by atoms with Gasteiger partial charge in [-0.2, -0.15) is 0 Å². The molecule has 1 aliphatic rings. The van der Waals surface area contributed by atoms with Crippen molar-refractivity contribution in [1.82, 2.24) is 10.2 Å². The van der Waals surface area contributed by atoms with Crippen LogP contribution in [0.3, 0.4) is 0 Å². The minimum absolute atomic E-state index is 0.0736. The molecule has 1 fully saturated rings. The van der Waals surface area contributed by atoms with Gasteiger partial charge in [0.1, 0.15) is 17.3 Å². The maximum atomic E-state index is 12.9. The van der Waals surface area contributed by atoms with Gasteiger partial charge in [-0.05, 0) is 68.1 Å². The minimum Gasteiger partial charge on any atom is -0.465 e. The molecule has 1 aliphatic heterocycles. The fourth-order valence-corrected chi connectivity index (χ4v) is 3.58. The molecule has 0 saturated carbocycles. The second kappa shape index (κ2) is 9.70. The van der Waals surface area contributed by atoms with Crippen molar-refractivity contribution >= 4 is 5.91 Å². The Balaban J connectivity index is 1.31. The molecule has 0 bridgehead atoms. The van der Waals surface area contributed by atoms with Crippen LogP contribution in [-0.4, -0.2) is 23.9 Å². The molecule has 146 valence electrons. The number of likely N-dealkylation sites (tertiary alicyclic amines) is 1. The highest BCUT2D eigenvalue weighted by molar-refractivity contribution is 5.75. The number of amides is 1. The first-order chi connectivity index (χ1) is 13.1. The molecule has 2 aromatic rings. The normalized spacial score (nSPS) is 15.8. The van der Waals surface area contributed by atoms with Gasteiger partial charge >= 0.3 is 0 Å². The van der Waals surface area contributed by atoms with E-state index >= 15 is 0 Å². The van der Waals surface area contributed by atoms with Crippen molar-refractivity contribution in [2.75, 3.05) is 13.1 Å². The van der Waals surface area contributed by atoms with E-state index in [0.29, 0.717) is 18.9 Å². The molecule has 5 heteroatoms. The number of rotatable bonds is 8. The summed E-state index contributed by atoms with van der Waals surface area (Å²) < 4.78 is 18.7. The molecule has 3 rings (SSSR count). The zero-order valence-electron chi connectivity index (χ0n) is 16.0. The molecule has 4 nitrogen and oxygen atoms in total. The van der Waals surface area contributed by atoms with Crippen molar-refractivity contribution in [2.45, 2.75) is 52.1 Å². The van der Waals surface area contributed by atoms with Crippen molar-refractivity contribution in [2.24, 2.45) is 5.92 Å². The van der Waals surface area contributed by atoms with Crippen LogP contribution in [0.15, 0.2) is 40.8 Å². The van der Waals surface area contributed by atoms with Gasteiger partial charge in [0.2, 0.25) is 5.91 Å². The molecule has 0 aliphatic carbocycles. The summed E-state index contributed by atoms with van der Waals surface area (Å²) in [6, 6.07) is 10.4. The number of hydrogen-bond acceptors (Lipinski definition) is 3. The molecular formula is C22H29FN2O2. The highest BCUT2D eigenvalue weighted by Gasteiger charge is 2.20. The predicted octanol–water partition coefficient (Wildman–Crippen LogP) is 4.29. The maximum absolute atomic E-state index is 12.9. The Morgan fingerprint density at radius 1 is 1.15 bits per heavy atom. The van der Waals surface area contributed by atoms with Crippen LogP contribution in [-0.2, 0) is 24.3 Å². The number of nitrogens with zero attached hydrogens (tertiary/aromatic N) is 1. The van der Waals surface area contributed by atoms with Crippen molar-refractivity contribution in [3.8, 4) is 0 Å². The summed E-state index contributed by atoms with van der Waals surface area (Å²) in [6.45, 7) is 5.56. The molecular weight excluding hydrogens is 343 g/mol. The first-order valence-corrected chi connectivity index (χ1v) is 9.93. The number of hydrogen-bond donors (Lipinski definition) is 1. The molecule has 1 aromatic carbocycles. The van der Waals surface area contributed by atoms with E-state index in [4.69, 9.17) is 4.42 Å². The van der Waals surface area contributed by atoms with Crippen molar-refractivity contribution in [1.29, 1.82) is 0 Å². The van der Waals surface area contributed by atoms with Crippen LogP contribution in [0.25, 0.3) is 0 Å². The number of aryl methyl sites for hydroxylation is 1. The molecule has 0 atom stereocenters. The largest absolute Gasteiger partial charge is 0.465 e. The van der Waals surface area contributed by atoms with Crippen LogP contribution in [0.5, 0.6) is 0 Å². The molecule has 27 heavy (non-hydrogen) atoms. The summed E-state index contributed by atoms with van der Waals surface area (Å²) in [6.07, 6.45) is 4.69. The smallest absolute Gasteiger partial charge is 0.220 e. The summed E-state index contributed by atoms with van der Waals surface area (Å²) in [7, 11) is 0. The average molecular weight is 372 g/mol. The van der Waals surface area contributed by atoms with Crippen LogP contribution >= 0.6 is 0 Å². The number of carbonyl (C=O) groups excluding carboxylic acids is 1. The predicted molar refractivity (Wildman–Crippen MR) is 104 cm³/mol. The fourth-order valence-electron chi connectivity index (χ4n) is 3.58. The molecule has 1 aromatic heterocycles. The monoisotopic (exact) mass is 372 g/mol. The lowest BCUT2D eigenvalue weighted by molar-refractivity contribution is -0.121. The van der Waals surface area contributed by atoms with Gasteiger partial charge in [0.15, 0.2) is 0 Å². The lowest BCUT2D eigenvalue weighted by atomic mass is 9.92. The number of carbonyl (C=O) groups is 1. The van der Waals surface area contributed by atoms with Gasteiger partial charge < -0.3 is 9.73 Å². The highest BCUT2D eigenvalue weighted by Crippen LogP contribution is 2.23. The summed E-state index contributed by atoms with van der Waals surface area (Å²) in [5.74, 6) is 2.52. The number of halogens is 1. The third kappa shape index (κ3) is 6.21. The van der Waals surface area contributed by atoms with Gasteiger partial charge in [-0.25, -0.2) is 4.39 Å². The van der Waals surface area contributed by atoms with E-state index in [9.17, 15) is 9.18 Å². The summed E-state index contributed by atoms with van der Waals surface area (Å²) in [5, 5.41) is 2.92. The average Bonchev–Trinajstić information content (AvgIpc) is 3.14. The van der Waals surface area contributed by atoms with E-state index < -0.39 is 0 Å². The summed E-state index contributed by atoms with van der Waals surface area (Å²) in [5.41, 5.74) is 0.919. The third-order valence-electron chi connectivity index (χ3n) is 5.33. The summed E-state index contributed by atoms with van der Waals surface area (Å²) >= 11 is 0. The van der Waals surface area contributed by atoms with Crippen LogP contribution in [0.1, 0.15) is 49.7 Å². The SMILES string of the molecule is CCc1ccc(CN2CCC(CCC(=O)NCc3ccc(F)cc3)CC2)o1. The van der Waals surface area contributed by atoms with Crippen molar-refractivity contribution in [3.05, 3.63) is 59.3 Å². The first-order valence-electron chi connectivity index (χ1n) is 9.93. The number of nitrogens with one attached hydrogen (secondary N) is 1. The molecule has 1 N–H and O–H groups in total. The Morgan fingerprint density at radius 2 is 1.85 bits per heavy atom. The maximum Gasteiger partial charge on any atom is 0.220 e. The van der Waals surface area contributed by atoms with Crippen molar-refractivity contribution in [3.63, 3.8) is 0 Å². The van der Waals surface area contributed by atoms with E-state index in [0.717, 1.165) is 62.4 Å². The second-order valence-corrected chi connectivity index (χ2v) is 7.38. The topological polar surface area (TPSA) is 45.5 Å². The highest BCUT2D eigenvalue weighted by atomic mass is 19.1. The Bertz CT molecular complexity index is 718. The van der Waals surface area contributed by atoms with E-state index in [1.807, 2.05) is 0 Å². The Labute approximate surface area is 160 Å². The zero-order valence-corrected chi connectivity index (χ0v) is 16.0. The van der Waals surface area contributed by atoms with Crippen LogP contribution in [0, 0.1) is 11.7 Å². The summed E-state index contributed by atoms with van der Waals surface area (Å²) in [4.78, 5) is 14.5. The molecule has 1 amide bonds. The van der Waals surface area contributed by atoms with E-state index in [1.165, 1.54) is 12.1 Å². The van der Waals surface area contributed by atoms with E-state index in [-0.39, 0.29) is 11.7 Å². The Morgan fingerprint density at radius 3 is 2.52 bits per heavy atom. The van der Waals surface area contributed by atoms with Crippen LogP contribution in [0.2, 0.25) is 0 Å². The standard InChI is InChI=1S/C22H29FN2O2/c1-2-20-8-9-21(27-20)16-25-13-11-17(12-14-25)5-10-22(26)24-15-18-3-6-19(23)7-4-18/h3-4,6-9,17H,2,5,10-16H2,1H3,(H,24,26). The van der Waals surface area contributed by atoms with Crippen molar-refractivity contribution < 1.29 is 13.6 Å². The van der Waals surface area contributed by atoms with E-state index in [2.05, 4.69) is 29.3 Å². The van der Waals surface area contributed by atoms with Gasteiger partial charge in [-0.1, -0.05) is 19.1 Å². The molecule has 0 spiro atoms. The van der Waals surface area contributed by atoms with Gasteiger partial charge in [0, 0.05) is 19.4 Å². The number of benzene rings is 1. The molecule has 0 radical (unpaired) electrons. The zero-order chi connectivity index (χ0) is 19.1. The fraction of sp³-hybridized carbons (Fsp3) is 0.500. The van der Waals surface area contributed by atoms with Gasteiger partial charge in [-0.15, -0.1) is 0 Å².